The SMILES string of the molecule is Cc1nc2ccc(-c3cccc(Cl)c3)cc2c(=O)[nH]1. The fourth-order valence-electron chi connectivity index (χ4n) is 2.10. The minimum absolute atomic E-state index is 0.119. The molecule has 3 rings (SSSR count). The van der Waals surface area contributed by atoms with Crippen molar-refractivity contribution >= 4 is 22.5 Å². The number of nitrogens with zero attached hydrogens (tertiary/aromatic N) is 1. The fourth-order valence-corrected chi connectivity index (χ4v) is 2.29. The molecule has 0 atom stereocenters. The summed E-state index contributed by atoms with van der Waals surface area (Å²) in [5, 5.41) is 1.26. The maximum atomic E-state index is 11.9. The number of nitrogens with one attached hydrogen (secondary N) is 1. The Balaban J connectivity index is 2.25. The Hall–Kier alpha value is -2.13. The number of benzene rings is 2. The van der Waals surface area contributed by atoms with Crippen molar-refractivity contribution in [3.05, 3.63) is 63.7 Å². The summed E-state index contributed by atoms with van der Waals surface area (Å²) < 4.78 is 0. The fraction of sp³-hybridized carbons (Fsp3) is 0.0667. The molecule has 0 bridgehead atoms. The third-order valence-electron chi connectivity index (χ3n) is 2.98. The lowest BCUT2D eigenvalue weighted by atomic mass is 10.0. The van der Waals surface area contributed by atoms with E-state index in [2.05, 4.69) is 9.97 Å². The summed E-state index contributed by atoms with van der Waals surface area (Å²) in [7, 11) is 0. The number of aromatic nitrogens is 2. The summed E-state index contributed by atoms with van der Waals surface area (Å²) in [6.45, 7) is 1.77. The first kappa shape index (κ1) is 11.9. The average molecular weight is 271 g/mol. The highest BCUT2D eigenvalue weighted by molar-refractivity contribution is 6.30. The highest BCUT2D eigenvalue weighted by Gasteiger charge is 2.05. The molecule has 0 saturated carbocycles. The Labute approximate surface area is 114 Å². The maximum Gasteiger partial charge on any atom is 0.258 e. The number of aromatic amines is 1. The Kier molecular flexibility index (Phi) is 2.84. The molecule has 2 aromatic carbocycles. The number of aryl methyl sites for hydroxylation is 1. The molecule has 3 aromatic rings. The van der Waals surface area contributed by atoms with Crippen LogP contribution in [0.25, 0.3) is 22.0 Å². The van der Waals surface area contributed by atoms with Crippen LogP contribution in [-0.2, 0) is 0 Å². The lowest BCUT2D eigenvalue weighted by molar-refractivity contribution is 1.06. The van der Waals surface area contributed by atoms with Gasteiger partial charge < -0.3 is 4.98 Å². The molecule has 3 nitrogen and oxygen atoms in total. The average Bonchev–Trinajstić information content (AvgIpc) is 2.38. The van der Waals surface area contributed by atoms with Crippen molar-refractivity contribution in [1.29, 1.82) is 0 Å². The van der Waals surface area contributed by atoms with Crippen molar-refractivity contribution in [2.75, 3.05) is 0 Å². The molecule has 0 aliphatic rings. The Morgan fingerprint density at radius 3 is 2.68 bits per heavy atom. The third kappa shape index (κ3) is 2.25. The molecule has 4 heteroatoms. The second kappa shape index (κ2) is 4.52. The standard InChI is InChI=1S/C15H11ClN2O/c1-9-17-14-6-5-11(8-13(14)15(19)18-9)10-3-2-4-12(16)7-10/h2-8H,1H3,(H,17,18,19). The first-order chi connectivity index (χ1) is 9.13. The number of hydrogen-bond acceptors (Lipinski definition) is 2. The van der Waals surface area contributed by atoms with Crippen molar-refractivity contribution in [3.63, 3.8) is 0 Å². The molecule has 1 aromatic heterocycles. The maximum absolute atomic E-state index is 11.9. The minimum Gasteiger partial charge on any atom is -0.310 e. The number of H-pyrrole nitrogens is 1. The van der Waals surface area contributed by atoms with Gasteiger partial charge >= 0.3 is 0 Å². The summed E-state index contributed by atoms with van der Waals surface area (Å²) in [4.78, 5) is 18.9. The van der Waals surface area contributed by atoms with Crippen molar-refractivity contribution in [1.82, 2.24) is 9.97 Å². The van der Waals surface area contributed by atoms with Gasteiger partial charge in [0.25, 0.3) is 5.56 Å². The molecule has 0 spiro atoms. The monoisotopic (exact) mass is 270 g/mol. The molecule has 19 heavy (non-hydrogen) atoms. The molecule has 0 aliphatic carbocycles. The third-order valence-corrected chi connectivity index (χ3v) is 3.22. The second-order valence-electron chi connectivity index (χ2n) is 4.39. The van der Waals surface area contributed by atoms with Crippen LogP contribution >= 0.6 is 11.6 Å². The molecule has 0 unspecified atom stereocenters. The number of fused-ring (bicyclic) bond motifs is 1. The van der Waals surface area contributed by atoms with Crippen LogP contribution in [-0.4, -0.2) is 9.97 Å². The van der Waals surface area contributed by atoms with E-state index in [-0.39, 0.29) is 5.56 Å². The smallest absolute Gasteiger partial charge is 0.258 e. The van der Waals surface area contributed by atoms with E-state index in [1.807, 2.05) is 42.5 Å². The molecule has 0 aliphatic heterocycles. The lowest BCUT2D eigenvalue weighted by Crippen LogP contribution is -2.09. The van der Waals surface area contributed by atoms with Crippen LogP contribution in [0.1, 0.15) is 5.82 Å². The zero-order valence-corrected chi connectivity index (χ0v) is 11.0. The summed E-state index contributed by atoms with van der Waals surface area (Å²) >= 11 is 5.98. The van der Waals surface area contributed by atoms with Gasteiger partial charge in [-0.15, -0.1) is 0 Å². The molecule has 0 fully saturated rings. The van der Waals surface area contributed by atoms with Crippen LogP contribution in [0.3, 0.4) is 0 Å². The summed E-state index contributed by atoms with van der Waals surface area (Å²) in [6.07, 6.45) is 0. The van der Waals surface area contributed by atoms with Gasteiger partial charge in [-0.3, -0.25) is 4.79 Å². The predicted molar refractivity (Wildman–Crippen MR) is 77.5 cm³/mol. The van der Waals surface area contributed by atoms with E-state index in [9.17, 15) is 4.79 Å². The molecule has 94 valence electrons. The normalized spacial score (nSPS) is 10.8. The summed E-state index contributed by atoms with van der Waals surface area (Å²) in [5.41, 5.74) is 2.51. The van der Waals surface area contributed by atoms with E-state index in [4.69, 9.17) is 11.6 Å². The van der Waals surface area contributed by atoms with Crippen molar-refractivity contribution in [2.24, 2.45) is 0 Å². The van der Waals surface area contributed by atoms with Crippen LogP contribution < -0.4 is 5.56 Å². The van der Waals surface area contributed by atoms with Gasteiger partial charge in [-0.25, -0.2) is 4.98 Å². The molecule has 0 radical (unpaired) electrons. The van der Waals surface area contributed by atoms with Crippen molar-refractivity contribution in [3.8, 4) is 11.1 Å². The van der Waals surface area contributed by atoms with Crippen LogP contribution in [0.15, 0.2) is 47.3 Å². The largest absolute Gasteiger partial charge is 0.310 e. The second-order valence-corrected chi connectivity index (χ2v) is 4.83. The minimum atomic E-state index is -0.119. The van der Waals surface area contributed by atoms with E-state index in [1.54, 1.807) is 6.92 Å². The first-order valence-electron chi connectivity index (χ1n) is 5.90. The van der Waals surface area contributed by atoms with E-state index < -0.39 is 0 Å². The molecular weight excluding hydrogens is 260 g/mol. The van der Waals surface area contributed by atoms with Gasteiger partial charge in [0.05, 0.1) is 10.9 Å². The Morgan fingerprint density at radius 1 is 1.11 bits per heavy atom. The lowest BCUT2D eigenvalue weighted by Gasteiger charge is -2.04. The Morgan fingerprint density at radius 2 is 1.89 bits per heavy atom. The summed E-state index contributed by atoms with van der Waals surface area (Å²) in [6, 6.07) is 13.2. The van der Waals surface area contributed by atoms with Gasteiger partial charge in [-0.2, -0.15) is 0 Å². The van der Waals surface area contributed by atoms with Crippen molar-refractivity contribution in [2.45, 2.75) is 6.92 Å². The van der Waals surface area contributed by atoms with Crippen LogP contribution in [0, 0.1) is 6.92 Å². The van der Waals surface area contributed by atoms with E-state index in [0.29, 0.717) is 21.7 Å². The van der Waals surface area contributed by atoms with Crippen LogP contribution in [0.4, 0.5) is 0 Å². The highest BCUT2D eigenvalue weighted by Crippen LogP contribution is 2.24. The number of hydrogen-bond donors (Lipinski definition) is 1. The van der Waals surface area contributed by atoms with Crippen LogP contribution in [0.2, 0.25) is 5.02 Å². The van der Waals surface area contributed by atoms with Crippen molar-refractivity contribution < 1.29 is 0 Å². The van der Waals surface area contributed by atoms with Gasteiger partial charge in [0.15, 0.2) is 0 Å². The zero-order chi connectivity index (χ0) is 13.4. The van der Waals surface area contributed by atoms with Gasteiger partial charge in [-0.05, 0) is 42.3 Å². The van der Waals surface area contributed by atoms with Gasteiger partial charge in [0, 0.05) is 5.02 Å². The molecular formula is C15H11ClN2O. The predicted octanol–water partition coefficient (Wildman–Crippen LogP) is 3.55. The van der Waals surface area contributed by atoms with E-state index >= 15 is 0 Å². The molecule has 0 amide bonds. The molecule has 1 heterocycles. The van der Waals surface area contributed by atoms with E-state index in [1.165, 1.54) is 0 Å². The van der Waals surface area contributed by atoms with Gasteiger partial charge in [-0.1, -0.05) is 29.8 Å². The summed E-state index contributed by atoms with van der Waals surface area (Å²) in [5.74, 6) is 0.619. The number of halogens is 1. The quantitative estimate of drug-likeness (QED) is 0.735. The Bertz CT molecular complexity index is 824. The zero-order valence-electron chi connectivity index (χ0n) is 10.3. The van der Waals surface area contributed by atoms with Gasteiger partial charge in [0.1, 0.15) is 5.82 Å². The highest BCUT2D eigenvalue weighted by atomic mass is 35.5. The molecule has 0 saturated heterocycles. The van der Waals surface area contributed by atoms with Gasteiger partial charge in [0.2, 0.25) is 0 Å². The van der Waals surface area contributed by atoms with E-state index in [0.717, 1.165) is 11.1 Å². The number of rotatable bonds is 1. The topological polar surface area (TPSA) is 45.8 Å². The first-order valence-corrected chi connectivity index (χ1v) is 6.28. The van der Waals surface area contributed by atoms with Crippen LogP contribution in [0.5, 0.6) is 0 Å². The molecule has 1 N–H and O–H groups in total.